The number of benzene rings is 3. The lowest BCUT2D eigenvalue weighted by molar-refractivity contribution is -0.120. The largest absolute Gasteiger partial charge is 0.490 e. The fourth-order valence-electron chi connectivity index (χ4n) is 3.24. The van der Waals surface area contributed by atoms with Gasteiger partial charge in [0, 0.05) is 3.57 Å². The highest BCUT2D eigenvalue weighted by molar-refractivity contribution is 14.1. The fourth-order valence-corrected chi connectivity index (χ4v) is 4.17. The molecule has 0 radical (unpaired) electrons. The van der Waals surface area contributed by atoms with Crippen molar-refractivity contribution in [2.24, 2.45) is 5.10 Å². The van der Waals surface area contributed by atoms with E-state index >= 15 is 0 Å². The molecule has 0 aliphatic heterocycles. The molecule has 0 unspecified atom stereocenters. The number of hydrogen-bond acceptors (Lipinski definition) is 4. The van der Waals surface area contributed by atoms with Crippen LogP contribution in [0, 0.1) is 17.4 Å². The molecule has 0 aliphatic carbocycles. The molecule has 3 rings (SSSR count). The fraction of sp³-hybridized carbons (Fsp3) is 0.231. The molecule has 0 fully saturated rings. The molecule has 0 saturated heterocycles. The Labute approximate surface area is 216 Å². The number of aryl methyl sites for hydroxylation is 2. The summed E-state index contributed by atoms with van der Waals surface area (Å²) in [6, 6.07) is 18.0. The summed E-state index contributed by atoms with van der Waals surface area (Å²) in [5.41, 5.74) is 7.71. The van der Waals surface area contributed by atoms with Gasteiger partial charge < -0.3 is 9.47 Å². The smallest absolute Gasteiger partial charge is 0.244 e. The van der Waals surface area contributed by atoms with Gasteiger partial charge in [-0.05, 0) is 106 Å². The number of hydrogen-bond donors (Lipinski definition) is 1. The van der Waals surface area contributed by atoms with Crippen LogP contribution in [0.3, 0.4) is 0 Å². The maximum Gasteiger partial charge on any atom is 0.244 e. The third-order valence-corrected chi connectivity index (χ3v) is 6.19. The SMILES string of the molecule is CCOc1cc(/C=N\NC(=O)Cc2ccc(C)cc2C)cc(Br)c1OCc1ccc(I)cc1. The zero-order valence-electron chi connectivity index (χ0n) is 18.8. The first-order valence-electron chi connectivity index (χ1n) is 10.6. The van der Waals surface area contributed by atoms with Gasteiger partial charge in [-0.1, -0.05) is 35.9 Å². The average molecular weight is 621 g/mol. The van der Waals surface area contributed by atoms with Crippen molar-refractivity contribution in [2.45, 2.75) is 33.8 Å². The Balaban J connectivity index is 1.66. The molecular formula is C26H26BrIN2O3. The van der Waals surface area contributed by atoms with E-state index in [0.29, 0.717) is 24.7 Å². The van der Waals surface area contributed by atoms with Gasteiger partial charge in [0.25, 0.3) is 0 Å². The Morgan fingerprint density at radius 2 is 1.85 bits per heavy atom. The standard InChI is InChI=1S/C26H26BrIN2O3/c1-4-32-24-13-20(12-23(27)26(24)33-16-19-6-9-22(28)10-7-19)15-29-30-25(31)14-21-8-5-17(2)11-18(21)3/h5-13,15H,4,14,16H2,1-3H3,(H,30,31)/b29-15-. The van der Waals surface area contributed by atoms with E-state index in [9.17, 15) is 4.79 Å². The molecule has 172 valence electrons. The Hall–Kier alpha value is -2.39. The molecule has 0 heterocycles. The molecule has 0 saturated carbocycles. The second kappa shape index (κ2) is 12.2. The van der Waals surface area contributed by atoms with Crippen molar-refractivity contribution in [3.63, 3.8) is 0 Å². The van der Waals surface area contributed by atoms with E-state index in [-0.39, 0.29) is 12.3 Å². The van der Waals surface area contributed by atoms with E-state index in [0.717, 1.165) is 26.7 Å². The zero-order chi connectivity index (χ0) is 23.8. The summed E-state index contributed by atoms with van der Waals surface area (Å²) in [5, 5.41) is 4.12. The second-order valence-corrected chi connectivity index (χ2v) is 9.68. The Kier molecular flexibility index (Phi) is 9.31. The lowest BCUT2D eigenvalue weighted by Gasteiger charge is -2.14. The van der Waals surface area contributed by atoms with Crippen LogP contribution in [0.15, 0.2) is 64.2 Å². The van der Waals surface area contributed by atoms with E-state index < -0.39 is 0 Å². The topological polar surface area (TPSA) is 59.9 Å². The van der Waals surface area contributed by atoms with E-state index in [2.05, 4.69) is 55.1 Å². The number of nitrogens with one attached hydrogen (secondary N) is 1. The highest BCUT2D eigenvalue weighted by atomic mass is 127. The third-order valence-electron chi connectivity index (χ3n) is 4.88. The molecule has 0 aliphatic rings. The summed E-state index contributed by atoms with van der Waals surface area (Å²) in [6.07, 6.45) is 1.87. The van der Waals surface area contributed by atoms with Crippen molar-refractivity contribution >= 4 is 50.6 Å². The molecular weight excluding hydrogens is 595 g/mol. The average Bonchev–Trinajstić information content (AvgIpc) is 2.76. The van der Waals surface area contributed by atoms with Gasteiger partial charge >= 0.3 is 0 Å². The molecule has 33 heavy (non-hydrogen) atoms. The van der Waals surface area contributed by atoms with Crippen LogP contribution in [0.4, 0.5) is 0 Å². The van der Waals surface area contributed by atoms with E-state index in [1.54, 1.807) is 6.21 Å². The quantitative estimate of drug-likeness (QED) is 0.173. The van der Waals surface area contributed by atoms with Crippen LogP contribution in [-0.2, 0) is 17.8 Å². The highest BCUT2D eigenvalue weighted by Crippen LogP contribution is 2.37. The lowest BCUT2D eigenvalue weighted by Crippen LogP contribution is -2.20. The van der Waals surface area contributed by atoms with Gasteiger partial charge in [-0.2, -0.15) is 5.10 Å². The molecule has 0 spiro atoms. The molecule has 3 aromatic rings. The minimum atomic E-state index is -0.167. The van der Waals surface area contributed by atoms with Crippen molar-refractivity contribution in [3.05, 3.63) is 90.5 Å². The third kappa shape index (κ3) is 7.57. The van der Waals surface area contributed by atoms with Crippen molar-refractivity contribution in [1.29, 1.82) is 0 Å². The van der Waals surface area contributed by atoms with Gasteiger partial charge in [0.2, 0.25) is 5.91 Å². The predicted octanol–water partition coefficient (Wildman–Crippen LogP) is 6.34. The number of hydrazone groups is 1. The van der Waals surface area contributed by atoms with Gasteiger partial charge in [-0.15, -0.1) is 0 Å². The first-order chi connectivity index (χ1) is 15.9. The van der Waals surface area contributed by atoms with Crippen molar-refractivity contribution in [3.8, 4) is 11.5 Å². The van der Waals surface area contributed by atoms with Crippen LogP contribution in [0.5, 0.6) is 11.5 Å². The molecule has 7 heteroatoms. The van der Waals surface area contributed by atoms with Crippen molar-refractivity contribution in [2.75, 3.05) is 6.61 Å². The van der Waals surface area contributed by atoms with Crippen molar-refractivity contribution < 1.29 is 14.3 Å². The second-order valence-electron chi connectivity index (χ2n) is 7.58. The number of carbonyl (C=O) groups excluding carboxylic acids is 1. The van der Waals surface area contributed by atoms with Crippen LogP contribution in [0.2, 0.25) is 0 Å². The maximum atomic E-state index is 12.3. The molecule has 1 amide bonds. The number of nitrogens with zero attached hydrogens (tertiary/aromatic N) is 1. The normalized spacial score (nSPS) is 10.9. The lowest BCUT2D eigenvalue weighted by atomic mass is 10.0. The molecule has 0 aromatic heterocycles. The minimum absolute atomic E-state index is 0.167. The Bertz CT molecular complexity index is 1150. The van der Waals surface area contributed by atoms with Crippen LogP contribution in [-0.4, -0.2) is 18.7 Å². The summed E-state index contributed by atoms with van der Waals surface area (Å²) in [4.78, 5) is 12.3. The summed E-state index contributed by atoms with van der Waals surface area (Å²) in [5.74, 6) is 1.08. The first-order valence-corrected chi connectivity index (χ1v) is 12.4. The van der Waals surface area contributed by atoms with Crippen LogP contribution < -0.4 is 14.9 Å². The highest BCUT2D eigenvalue weighted by Gasteiger charge is 2.12. The Morgan fingerprint density at radius 1 is 1.09 bits per heavy atom. The van der Waals surface area contributed by atoms with Gasteiger partial charge in [0.05, 0.1) is 23.7 Å². The van der Waals surface area contributed by atoms with Gasteiger partial charge in [-0.25, -0.2) is 5.43 Å². The number of rotatable bonds is 9. The molecule has 5 nitrogen and oxygen atoms in total. The Morgan fingerprint density at radius 3 is 2.55 bits per heavy atom. The summed E-state index contributed by atoms with van der Waals surface area (Å²) in [7, 11) is 0. The first kappa shape index (κ1) is 25.2. The summed E-state index contributed by atoms with van der Waals surface area (Å²) in [6.45, 7) is 6.89. The summed E-state index contributed by atoms with van der Waals surface area (Å²) < 4.78 is 13.8. The van der Waals surface area contributed by atoms with Gasteiger partial charge in [-0.3, -0.25) is 4.79 Å². The van der Waals surface area contributed by atoms with Crippen LogP contribution in [0.1, 0.15) is 34.7 Å². The van der Waals surface area contributed by atoms with Gasteiger partial charge in [0.15, 0.2) is 11.5 Å². The minimum Gasteiger partial charge on any atom is -0.490 e. The molecule has 1 N–H and O–H groups in total. The van der Waals surface area contributed by atoms with Crippen molar-refractivity contribution in [1.82, 2.24) is 5.43 Å². The van der Waals surface area contributed by atoms with E-state index in [1.807, 2.05) is 69.3 Å². The zero-order valence-corrected chi connectivity index (χ0v) is 22.6. The predicted molar refractivity (Wildman–Crippen MR) is 144 cm³/mol. The van der Waals surface area contributed by atoms with Crippen LogP contribution >= 0.6 is 38.5 Å². The van der Waals surface area contributed by atoms with E-state index in [4.69, 9.17) is 9.47 Å². The number of carbonyl (C=O) groups is 1. The number of amides is 1. The molecule has 0 bridgehead atoms. The number of halogens is 2. The maximum absolute atomic E-state index is 12.3. The van der Waals surface area contributed by atoms with Crippen LogP contribution in [0.25, 0.3) is 0 Å². The summed E-state index contributed by atoms with van der Waals surface area (Å²) >= 11 is 5.85. The van der Waals surface area contributed by atoms with E-state index in [1.165, 1.54) is 9.13 Å². The number of ether oxygens (including phenoxy) is 2. The van der Waals surface area contributed by atoms with Gasteiger partial charge in [0.1, 0.15) is 6.61 Å². The monoisotopic (exact) mass is 620 g/mol. The molecule has 3 aromatic carbocycles. The molecule has 0 atom stereocenters.